The van der Waals surface area contributed by atoms with Crippen molar-refractivity contribution in [1.82, 2.24) is 0 Å². The van der Waals surface area contributed by atoms with Crippen molar-refractivity contribution in [3.63, 3.8) is 0 Å². The van der Waals surface area contributed by atoms with E-state index in [9.17, 15) is 9.59 Å². The summed E-state index contributed by atoms with van der Waals surface area (Å²) in [6.45, 7) is 1.98. The minimum Gasteiger partial charge on any atom is -0.275 e. The first-order valence-corrected chi connectivity index (χ1v) is 6.60. The highest BCUT2D eigenvalue weighted by Crippen LogP contribution is 2.29. The Bertz CT molecular complexity index is 712. The van der Waals surface area contributed by atoms with Crippen LogP contribution in [0.1, 0.15) is 11.1 Å². The highest BCUT2D eigenvalue weighted by atomic mass is 35.5. The van der Waals surface area contributed by atoms with Crippen molar-refractivity contribution in [3.8, 4) is 11.1 Å². The summed E-state index contributed by atoms with van der Waals surface area (Å²) >= 11 is 11.5. The van der Waals surface area contributed by atoms with Crippen molar-refractivity contribution in [2.75, 3.05) is 0 Å². The van der Waals surface area contributed by atoms with Gasteiger partial charge in [0.15, 0.2) is 0 Å². The largest absolute Gasteiger partial charge is 0.275 e. The van der Waals surface area contributed by atoms with Crippen LogP contribution in [0.15, 0.2) is 42.5 Å². The van der Waals surface area contributed by atoms with E-state index in [-0.39, 0.29) is 5.57 Å². The third kappa shape index (κ3) is 3.00. The molecule has 0 fully saturated rings. The number of allylic oxidation sites excluding steroid dienone is 1. The molecule has 0 saturated carbocycles. The summed E-state index contributed by atoms with van der Waals surface area (Å²) in [6.07, 6.45) is 0. The number of halogens is 2. The third-order valence-electron chi connectivity index (χ3n) is 2.91. The maximum Gasteiger partial charge on any atom is 0.264 e. The SMILES string of the molecule is Cc1ccc(Cl)c(-c2ccc(C(=C=O)C(=O)Cl)cc2)c1. The first kappa shape index (κ1) is 14.5. The monoisotopic (exact) mass is 304 g/mol. The van der Waals surface area contributed by atoms with Gasteiger partial charge in [0.05, 0.1) is 0 Å². The number of carbonyl (C=O) groups is 1. The summed E-state index contributed by atoms with van der Waals surface area (Å²) in [5.74, 6) is 1.56. The molecule has 0 bridgehead atoms. The molecular formula is C16H10Cl2O2. The third-order valence-corrected chi connectivity index (χ3v) is 3.42. The van der Waals surface area contributed by atoms with E-state index < -0.39 is 5.24 Å². The van der Waals surface area contributed by atoms with Crippen molar-refractivity contribution in [1.29, 1.82) is 0 Å². The Morgan fingerprint density at radius 1 is 1.10 bits per heavy atom. The molecule has 0 spiro atoms. The molecule has 100 valence electrons. The highest BCUT2D eigenvalue weighted by Gasteiger charge is 2.11. The fraction of sp³-hybridized carbons (Fsp3) is 0.0625. The maximum absolute atomic E-state index is 11.1. The van der Waals surface area contributed by atoms with Crippen LogP contribution in [0.5, 0.6) is 0 Å². The standard InChI is InChI=1S/C16H10Cl2O2/c1-10-2-7-15(17)13(8-10)11-3-5-12(6-4-11)14(9-19)16(18)20/h2-8H,1H3. The van der Waals surface area contributed by atoms with Crippen molar-refractivity contribution in [3.05, 3.63) is 58.6 Å². The molecule has 2 aromatic carbocycles. The number of carbonyl (C=O) groups excluding carboxylic acids is 2. The zero-order valence-corrected chi connectivity index (χ0v) is 12.1. The van der Waals surface area contributed by atoms with Crippen LogP contribution < -0.4 is 0 Å². The van der Waals surface area contributed by atoms with Gasteiger partial charge in [-0.1, -0.05) is 47.5 Å². The number of hydrogen-bond donors (Lipinski definition) is 0. The van der Waals surface area contributed by atoms with Crippen LogP contribution in [0.3, 0.4) is 0 Å². The molecule has 0 aliphatic rings. The molecule has 0 aliphatic carbocycles. The predicted octanol–water partition coefficient (Wildman–Crippen LogP) is 4.30. The average Bonchev–Trinajstić information content (AvgIpc) is 2.43. The average molecular weight is 305 g/mol. The van der Waals surface area contributed by atoms with Crippen LogP contribution in [0.4, 0.5) is 0 Å². The van der Waals surface area contributed by atoms with E-state index in [0.29, 0.717) is 10.6 Å². The number of rotatable bonds is 3. The molecule has 0 amide bonds. The molecule has 2 nitrogen and oxygen atoms in total. The van der Waals surface area contributed by atoms with Crippen LogP contribution in [0.2, 0.25) is 5.02 Å². The van der Waals surface area contributed by atoms with E-state index in [2.05, 4.69) is 0 Å². The van der Waals surface area contributed by atoms with Crippen LogP contribution in [0.25, 0.3) is 16.7 Å². The van der Waals surface area contributed by atoms with Gasteiger partial charge in [-0.3, -0.25) is 4.79 Å². The lowest BCUT2D eigenvalue weighted by molar-refractivity contribution is -0.106. The highest BCUT2D eigenvalue weighted by molar-refractivity contribution is 6.75. The molecular weight excluding hydrogens is 295 g/mol. The fourth-order valence-corrected chi connectivity index (χ4v) is 2.26. The quantitative estimate of drug-likeness (QED) is 0.481. The van der Waals surface area contributed by atoms with Gasteiger partial charge in [-0.05, 0) is 41.8 Å². The molecule has 0 atom stereocenters. The molecule has 0 unspecified atom stereocenters. The van der Waals surface area contributed by atoms with E-state index >= 15 is 0 Å². The Kier molecular flexibility index (Phi) is 4.41. The second-order valence-electron chi connectivity index (χ2n) is 4.31. The zero-order chi connectivity index (χ0) is 14.7. The maximum atomic E-state index is 11.1. The first-order valence-electron chi connectivity index (χ1n) is 5.85. The Labute approximate surface area is 126 Å². The van der Waals surface area contributed by atoms with Crippen LogP contribution in [0, 0.1) is 6.92 Å². The smallest absolute Gasteiger partial charge is 0.264 e. The summed E-state index contributed by atoms with van der Waals surface area (Å²) in [4.78, 5) is 21.8. The van der Waals surface area contributed by atoms with Crippen LogP contribution >= 0.6 is 23.2 Å². The number of hydrogen-bond acceptors (Lipinski definition) is 2. The normalized spacial score (nSPS) is 9.95. The zero-order valence-electron chi connectivity index (χ0n) is 10.6. The first-order chi connectivity index (χ1) is 9.52. The van der Waals surface area contributed by atoms with E-state index in [4.69, 9.17) is 23.2 Å². The second-order valence-corrected chi connectivity index (χ2v) is 5.06. The number of aryl methyl sites for hydroxylation is 1. The van der Waals surface area contributed by atoms with Gasteiger partial charge in [-0.25, -0.2) is 4.79 Å². The number of benzene rings is 2. The van der Waals surface area contributed by atoms with Gasteiger partial charge in [0.2, 0.25) is 0 Å². The lowest BCUT2D eigenvalue weighted by Gasteiger charge is -2.07. The van der Waals surface area contributed by atoms with Crippen molar-refractivity contribution < 1.29 is 9.59 Å². The van der Waals surface area contributed by atoms with Crippen molar-refractivity contribution in [2.24, 2.45) is 0 Å². The van der Waals surface area contributed by atoms with Crippen LogP contribution in [-0.4, -0.2) is 11.2 Å². The fourth-order valence-electron chi connectivity index (χ4n) is 1.89. The Balaban J connectivity index is 2.45. The molecule has 0 aliphatic heterocycles. The summed E-state index contributed by atoms with van der Waals surface area (Å²) in [6, 6.07) is 12.6. The van der Waals surface area contributed by atoms with E-state index in [1.807, 2.05) is 25.1 Å². The molecule has 4 heteroatoms. The van der Waals surface area contributed by atoms with Gasteiger partial charge in [0.25, 0.3) is 5.24 Å². The topological polar surface area (TPSA) is 34.1 Å². The van der Waals surface area contributed by atoms with Gasteiger partial charge in [-0.2, -0.15) is 0 Å². The van der Waals surface area contributed by atoms with Gasteiger partial charge >= 0.3 is 0 Å². The summed E-state index contributed by atoms with van der Waals surface area (Å²) < 4.78 is 0. The Hall–Kier alpha value is -1.86. The minimum absolute atomic E-state index is 0.173. The molecule has 20 heavy (non-hydrogen) atoms. The van der Waals surface area contributed by atoms with E-state index in [0.717, 1.165) is 16.7 Å². The second kappa shape index (κ2) is 6.06. The lowest BCUT2D eigenvalue weighted by atomic mass is 10.00. The molecule has 2 rings (SSSR count). The Morgan fingerprint density at radius 2 is 1.75 bits per heavy atom. The van der Waals surface area contributed by atoms with Crippen LogP contribution in [-0.2, 0) is 9.59 Å². The predicted molar refractivity (Wildman–Crippen MR) is 81.6 cm³/mol. The summed E-state index contributed by atoms with van der Waals surface area (Å²) in [5, 5.41) is -0.177. The van der Waals surface area contributed by atoms with Gasteiger partial charge < -0.3 is 0 Å². The van der Waals surface area contributed by atoms with Crippen molar-refractivity contribution in [2.45, 2.75) is 6.92 Å². The summed E-state index contributed by atoms with van der Waals surface area (Å²) in [7, 11) is 0. The van der Waals surface area contributed by atoms with E-state index in [1.165, 1.54) is 0 Å². The van der Waals surface area contributed by atoms with Gasteiger partial charge in [-0.15, -0.1) is 0 Å². The van der Waals surface area contributed by atoms with Gasteiger partial charge in [0, 0.05) is 10.6 Å². The molecule has 0 saturated heterocycles. The van der Waals surface area contributed by atoms with E-state index in [1.54, 1.807) is 30.2 Å². The molecule has 0 N–H and O–H groups in total. The summed E-state index contributed by atoms with van der Waals surface area (Å²) in [5.41, 5.74) is 3.15. The Morgan fingerprint density at radius 3 is 2.30 bits per heavy atom. The minimum atomic E-state index is -0.818. The molecule has 2 aromatic rings. The van der Waals surface area contributed by atoms with Crippen molar-refractivity contribution >= 4 is 40.0 Å². The molecule has 0 aromatic heterocycles. The lowest BCUT2D eigenvalue weighted by Crippen LogP contribution is -1.94. The molecule has 0 radical (unpaired) electrons. The van der Waals surface area contributed by atoms with Gasteiger partial charge in [0.1, 0.15) is 11.5 Å². The molecule has 0 heterocycles.